The van der Waals surface area contributed by atoms with Crippen LogP contribution in [-0.4, -0.2) is 33.5 Å². The van der Waals surface area contributed by atoms with Crippen molar-refractivity contribution in [1.82, 2.24) is 20.4 Å². The van der Waals surface area contributed by atoms with Crippen LogP contribution in [0.15, 0.2) is 42.5 Å². The normalized spacial score (nSPS) is 11.8. The van der Waals surface area contributed by atoms with Crippen LogP contribution in [0.1, 0.15) is 35.8 Å². The molecule has 0 aliphatic carbocycles. The van der Waals surface area contributed by atoms with Crippen LogP contribution in [0.2, 0.25) is 5.02 Å². The molecule has 0 saturated heterocycles. The lowest BCUT2D eigenvalue weighted by molar-refractivity contribution is -0.129. The molecule has 3 amide bonds. The number of carbonyl (C=O) groups excluding carboxylic acids is 3. The van der Waals surface area contributed by atoms with E-state index in [9.17, 15) is 18.8 Å². The number of rotatable bonds is 9. The molecule has 2 aromatic carbocycles. The van der Waals surface area contributed by atoms with Crippen molar-refractivity contribution in [2.45, 2.75) is 38.9 Å². The highest BCUT2D eigenvalue weighted by atomic mass is 35.5. The van der Waals surface area contributed by atoms with Crippen molar-refractivity contribution in [3.8, 4) is 0 Å². The Bertz CT molecular complexity index is 1160. The lowest BCUT2D eigenvalue weighted by atomic mass is 10.1. The first-order chi connectivity index (χ1) is 15.3. The van der Waals surface area contributed by atoms with Crippen molar-refractivity contribution >= 4 is 40.2 Å². The van der Waals surface area contributed by atoms with Crippen LogP contribution >= 0.6 is 11.6 Å². The highest BCUT2D eigenvalue weighted by Gasteiger charge is 2.22. The molecule has 0 radical (unpaired) electrons. The number of para-hydroxylation sites is 1. The summed E-state index contributed by atoms with van der Waals surface area (Å²) in [5.74, 6) is -2.20. The third kappa shape index (κ3) is 5.23. The Labute approximate surface area is 188 Å². The number of amides is 3. The SMILES string of the molecule is CCCC(NC(=O)Cn1nc(C(N)=O)c2ccccc21)C(=O)NCc1cccc(Cl)c1F. The number of benzene rings is 2. The zero-order chi connectivity index (χ0) is 23.3. The van der Waals surface area contributed by atoms with E-state index in [1.165, 1.54) is 16.8 Å². The zero-order valence-electron chi connectivity index (χ0n) is 17.4. The van der Waals surface area contributed by atoms with Crippen molar-refractivity contribution in [2.24, 2.45) is 5.73 Å². The molecule has 0 bridgehead atoms. The summed E-state index contributed by atoms with van der Waals surface area (Å²) in [6, 6.07) is 10.6. The van der Waals surface area contributed by atoms with Crippen LogP contribution in [0.25, 0.3) is 10.9 Å². The fourth-order valence-electron chi connectivity index (χ4n) is 3.35. The van der Waals surface area contributed by atoms with Gasteiger partial charge in [0, 0.05) is 17.5 Å². The average Bonchev–Trinajstić information content (AvgIpc) is 3.13. The molecular formula is C22H23ClFN5O3. The van der Waals surface area contributed by atoms with Crippen molar-refractivity contribution in [1.29, 1.82) is 0 Å². The van der Waals surface area contributed by atoms with E-state index in [-0.39, 0.29) is 29.4 Å². The lowest BCUT2D eigenvalue weighted by Crippen LogP contribution is -2.47. The van der Waals surface area contributed by atoms with E-state index >= 15 is 0 Å². The summed E-state index contributed by atoms with van der Waals surface area (Å²) in [5, 5.41) is 9.98. The fraction of sp³-hybridized carbons (Fsp3) is 0.273. The summed E-state index contributed by atoms with van der Waals surface area (Å²) in [6.45, 7) is 1.61. The van der Waals surface area contributed by atoms with Gasteiger partial charge in [0.15, 0.2) is 5.69 Å². The van der Waals surface area contributed by atoms with Gasteiger partial charge in [0.05, 0.1) is 10.5 Å². The summed E-state index contributed by atoms with van der Waals surface area (Å²) in [5.41, 5.74) is 6.27. The Kier molecular flexibility index (Phi) is 7.42. The quantitative estimate of drug-likeness (QED) is 0.455. The molecule has 0 aliphatic rings. The number of hydrogen-bond acceptors (Lipinski definition) is 4. The molecule has 3 aromatic rings. The smallest absolute Gasteiger partial charge is 0.269 e. The first-order valence-corrected chi connectivity index (χ1v) is 10.4. The van der Waals surface area contributed by atoms with Crippen molar-refractivity contribution in [2.75, 3.05) is 0 Å². The van der Waals surface area contributed by atoms with E-state index < -0.39 is 29.6 Å². The lowest BCUT2D eigenvalue weighted by Gasteiger charge is -2.18. The van der Waals surface area contributed by atoms with Gasteiger partial charge in [-0.2, -0.15) is 5.10 Å². The predicted molar refractivity (Wildman–Crippen MR) is 118 cm³/mol. The fourth-order valence-corrected chi connectivity index (χ4v) is 3.55. The number of nitrogens with zero attached hydrogens (tertiary/aromatic N) is 2. The Hall–Kier alpha value is -3.46. The molecule has 0 aliphatic heterocycles. The van der Waals surface area contributed by atoms with Gasteiger partial charge in [0.25, 0.3) is 5.91 Å². The average molecular weight is 460 g/mol. The molecule has 0 saturated carbocycles. The second-order valence-electron chi connectivity index (χ2n) is 7.23. The third-order valence-corrected chi connectivity index (χ3v) is 5.19. The van der Waals surface area contributed by atoms with Gasteiger partial charge >= 0.3 is 0 Å². The number of fused-ring (bicyclic) bond motifs is 1. The summed E-state index contributed by atoms with van der Waals surface area (Å²) < 4.78 is 15.4. The van der Waals surface area contributed by atoms with Crippen molar-refractivity contribution in [3.05, 3.63) is 64.6 Å². The molecule has 1 unspecified atom stereocenters. The van der Waals surface area contributed by atoms with Crippen molar-refractivity contribution in [3.63, 3.8) is 0 Å². The Morgan fingerprint density at radius 3 is 2.66 bits per heavy atom. The summed E-state index contributed by atoms with van der Waals surface area (Å²) in [6.07, 6.45) is 1.03. The van der Waals surface area contributed by atoms with Gasteiger partial charge in [-0.15, -0.1) is 0 Å². The second-order valence-corrected chi connectivity index (χ2v) is 7.63. The molecule has 168 valence electrons. The topological polar surface area (TPSA) is 119 Å². The van der Waals surface area contributed by atoms with E-state index in [1.54, 1.807) is 30.3 Å². The number of nitrogens with one attached hydrogen (secondary N) is 2. The van der Waals surface area contributed by atoms with E-state index in [4.69, 9.17) is 17.3 Å². The molecule has 0 spiro atoms. The van der Waals surface area contributed by atoms with E-state index in [0.717, 1.165) is 0 Å². The van der Waals surface area contributed by atoms with E-state index in [1.807, 2.05) is 6.92 Å². The minimum atomic E-state index is -0.813. The highest BCUT2D eigenvalue weighted by Crippen LogP contribution is 2.19. The maximum Gasteiger partial charge on any atom is 0.269 e. The molecule has 10 heteroatoms. The molecule has 4 N–H and O–H groups in total. The van der Waals surface area contributed by atoms with Crippen LogP contribution < -0.4 is 16.4 Å². The molecule has 3 rings (SSSR count). The number of primary amides is 1. The Balaban J connectivity index is 1.69. The van der Waals surface area contributed by atoms with E-state index in [2.05, 4.69) is 15.7 Å². The van der Waals surface area contributed by atoms with Gasteiger partial charge < -0.3 is 16.4 Å². The number of nitrogens with two attached hydrogens (primary N) is 1. The zero-order valence-corrected chi connectivity index (χ0v) is 18.2. The van der Waals surface area contributed by atoms with E-state index in [0.29, 0.717) is 23.7 Å². The van der Waals surface area contributed by atoms with Gasteiger partial charge in [-0.3, -0.25) is 19.1 Å². The number of halogens is 2. The van der Waals surface area contributed by atoms with Crippen LogP contribution in [0, 0.1) is 5.82 Å². The molecule has 8 nitrogen and oxygen atoms in total. The molecular weight excluding hydrogens is 437 g/mol. The number of aromatic nitrogens is 2. The second kappa shape index (κ2) is 10.2. The molecule has 1 atom stereocenters. The maximum absolute atomic E-state index is 14.0. The summed E-state index contributed by atoms with van der Waals surface area (Å²) >= 11 is 5.77. The molecule has 32 heavy (non-hydrogen) atoms. The van der Waals surface area contributed by atoms with Crippen molar-refractivity contribution < 1.29 is 18.8 Å². The minimum Gasteiger partial charge on any atom is -0.364 e. The summed E-state index contributed by atoms with van der Waals surface area (Å²) in [4.78, 5) is 36.9. The maximum atomic E-state index is 14.0. The molecule has 0 fully saturated rings. The number of carbonyl (C=O) groups is 3. The third-order valence-electron chi connectivity index (χ3n) is 4.90. The number of hydrogen-bond donors (Lipinski definition) is 3. The largest absolute Gasteiger partial charge is 0.364 e. The first-order valence-electron chi connectivity index (χ1n) is 10.1. The van der Waals surface area contributed by atoms with Crippen LogP contribution in [-0.2, 0) is 22.7 Å². The van der Waals surface area contributed by atoms with Gasteiger partial charge in [-0.05, 0) is 18.6 Å². The Morgan fingerprint density at radius 1 is 1.19 bits per heavy atom. The van der Waals surface area contributed by atoms with Gasteiger partial charge in [0.2, 0.25) is 11.8 Å². The van der Waals surface area contributed by atoms with Crippen LogP contribution in [0.3, 0.4) is 0 Å². The molecule has 1 aromatic heterocycles. The Morgan fingerprint density at radius 2 is 1.94 bits per heavy atom. The van der Waals surface area contributed by atoms with Gasteiger partial charge in [0.1, 0.15) is 18.4 Å². The predicted octanol–water partition coefficient (Wildman–Crippen LogP) is 2.53. The standard InChI is InChI=1S/C22H23ClFN5O3/c1-2-6-16(22(32)26-11-13-7-5-9-15(23)19(13)24)27-18(30)12-29-17-10-4-3-8-14(17)20(28-29)21(25)31/h3-5,7-10,16H,2,6,11-12H2,1H3,(H2,25,31)(H,26,32)(H,27,30). The highest BCUT2D eigenvalue weighted by molar-refractivity contribution is 6.30. The molecule has 1 heterocycles. The van der Waals surface area contributed by atoms with Gasteiger partial charge in [-0.1, -0.05) is 55.3 Å². The van der Waals surface area contributed by atoms with Gasteiger partial charge in [-0.25, -0.2) is 4.39 Å². The summed E-state index contributed by atoms with van der Waals surface area (Å²) in [7, 11) is 0. The minimum absolute atomic E-state index is 0.0306. The van der Waals surface area contributed by atoms with Crippen LogP contribution in [0.5, 0.6) is 0 Å². The monoisotopic (exact) mass is 459 g/mol. The first kappa shape index (κ1) is 23.2. The van der Waals surface area contributed by atoms with Crippen LogP contribution in [0.4, 0.5) is 4.39 Å².